The van der Waals surface area contributed by atoms with Crippen LogP contribution >= 0.6 is 7.14 Å². The number of ether oxygens (including phenoxy) is 1. The molecule has 0 aliphatic carbocycles. The van der Waals surface area contributed by atoms with Gasteiger partial charge in [-0.1, -0.05) is 0 Å². The maximum absolute atomic E-state index is 13.3. The number of aryl methyl sites for hydroxylation is 1. The molecule has 0 saturated carbocycles. The van der Waals surface area contributed by atoms with Crippen LogP contribution in [0.3, 0.4) is 0 Å². The van der Waals surface area contributed by atoms with Crippen LogP contribution in [0.25, 0.3) is 5.65 Å². The van der Waals surface area contributed by atoms with Gasteiger partial charge in [0.1, 0.15) is 18.5 Å². The molecule has 0 spiro atoms. The Morgan fingerprint density at radius 2 is 2.05 bits per heavy atom. The van der Waals surface area contributed by atoms with Crippen molar-refractivity contribution in [2.45, 2.75) is 6.92 Å². The van der Waals surface area contributed by atoms with E-state index >= 15 is 0 Å². The molecule has 0 atom stereocenters. The summed E-state index contributed by atoms with van der Waals surface area (Å²) in [5, 5.41) is 0.863. The molecule has 108 valence electrons. The van der Waals surface area contributed by atoms with Gasteiger partial charge in [-0.05, 0) is 14.0 Å². The number of hydrogen-bond donors (Lipinski definition) is 0. The van der Waals surface area contributed by atoms with Gasteiger partial charge in [0.15, 0.2) is 0 Å². The van der Waals surface area contributed by atoms with Gasteiger partial charge in [0, 0.05) is 49.6 Å². The summed E-state index contributed by atoms with van der Waals surface area (Å²) in [6.07, 6.45) is 5.23. The van der Waals surface area contributed by atoms with Crippen LogP contribution in [0.4, 0.5) is 0 Å². The standard InChI is InChI=1S/C14H20N3O2P/c1-11-9-15-14-8-12(19-3)13(10-17(11)14)20(18)6-4-16(2)5-7-20/h8-10H,4-7H2,1-3H3. The van der Waals surface area contributed by atoms with E-state index in [2.05, 4.69) is 16.9 Å². The van der Waals surface area contributed by atoms with Crippen molar-refractivity contribution in [1.29, 1.82) is 0 Å². The normalized spacial score (nSPS) is 19.4. The fraction of sp³-hybridized carbons (Fsp3) is 0.500. The summed E-state index contributed by atoms with van der Waals surface area (Å²) in [5.74, 6) is 0.705. The molecule has 0 aromatic carbocycles. The first-order valence-electron chi connectivity index (χ1n) is 6.82. The van der Waals surface area contributed by atoms with Gasteiger partial charge in [-0.2, -0.15) is 0 Å². The Labute approximate surface area is 118 Å². The first-order chi connectivity index (χ1) is 9.53. The summed E-state index contributed by atoms with van der Waals surface area (Å²) in [4.78, 5) is 6.56. The molecule has 0 N–H and O–H groups in total. The third-order valence-corrected chi connectivity index (χ3v) is 7.18. The molecule has 3 rings (SSSR count). The van der Waals surface area contributed by atoms with E-state index in [1.807, 2.05) is 29.8 Å². The second-order valence-corrected chi connectivity index (χ2v) is 8.65. The van der Waals surface area contributed by atoms with E-state index < -0.39 is 7.14 Å². The van der Waals surface area contributed by atoms with E-state index in [1.165, 1.54) is 0 Å². The lowest BCUT2D eigenvalue weighted by molar-refractivity contribution is 0.360. The third kappa shape index (κ3) is 2.15. The molecule has 0 bridgehead atoms. The molecule has 20 heavy (non-hydrogen) atoms. The molecule has 5 nitrogen and oxygen atoms in total. The van der Waals surface area contributed by atoms with Gasteiger partial charge < -0.3 is 18.6 Å². The first-order valence-corrected chi connectivity index (χ1v) is 8.90. The fourth-order valence-electron chi connectivity index (χ4n) is 2.72. The number of nitrogens with zero attached hydrogens (tertiary/aromatic N) is 3. The molecule has 0 amide bonds. The van der Waals surface area contributed by atoms with Crippen molar-refractivity contribution in [3.05, 3.63) is 24.2 Å². The summed E-state index contributed by atoms with van der Waals surface area (Å²) in [6, 6.07) is 1.89. The van der Waals surface area contributed by atoms with Gasteiger partial charge in [0.05, 0.1) is 12.4 Å². The minimum atomic E-state index is -2.37. The van der Waals surface area contributed by atoms with Crippen molar-refractivity contribution >= 4 is 18.1 Å². The number of methoxy groups -OCH3 is 1. The van der Waals surface area contributed by atoms with Crippen molar-refractivity contribution in [3.8, 4) is 5.75 Å². The fourth-order valence-corrected chi connectivity index (χ4v) is 5.63. The molecule has 3 heterocycles. The van der Waals surface area contributed by atoms with Crippen molar-refractivity contribution in [2.75, 3.05) is 39.6 Å². The lowest BCUT2D eigenvalue weighted by Gasteiger charge is -2.30. The highest BCUT2D eigenvalue weighted by Gasteiger charge is 2.32. The van der Waals surface area contributed by atoms with Crippen LogP contribution in [0, 0.1) is 6.92 Å². The van der Waals surface area contributed by atoms with Gasteiger partial charge >= 0.3 is 0 Å². The summed E-state index contributed by atoms with van der Waals surface area (Å²) >= 11 is 0. The number of imidazole rings is 1. The smallest absolute Gasteiger partial charge is 0.140 e. The van der Waals surface area contributed by atoms with Crippen LogP contribution in [0.5, 0.6) is 5.75 Å². The zero-order valence-electron chi connectivity index (χ0n) is 12.2. The van der Waals surface area contributed by atoms with Crippen LogP contribution in [0.1, 0.15) is 5.69 Å². The highest BCUT2D eigenvalue weighted by Crippen LogP contribution is 2.48. The molecule has 2 aromatic rings. The Hall–Kier alpha value is -1.32. The van der Waals surface area contributed by atoms with Crippen LogP contribution in [-0.2, 0) is 4.57 Å². The molecule has 1 aliphatic rings. The zero-order valence-corrected chi connectivity index (χ0v) is 13.1. The number of rotatable bonds is 2. The van der Waals surface area contributed by atoms with Gasteiger partial charge in [0.2, 0.25) is 0 Å². The molecular formula is C14H20N3O2P. The summed E-state index contributed by atoms with van der Waals surface area (Å²) in [7, 11) is 1.33. The van der Waals surface area contributed by atoms with Crippen molar-refractivity contribution in [2.24, 2.45) is 0 Å². The average molecular weight is 293 g/mol. The minimum absolute atomic E-state index is 0.705. The first kappa shape index (κ1) is 13.7. The second kappa shape index (κ2) is 4.90. The van der Waals surface area contributed by atoms with E-state index in [4.69, 9.17) is 4.74 Å². The van der Waals surface area contributed by atoms with E-state index in [0.717, 1.165) is 42.1 Å². The molecule has 1 aliphatic heterocycles. The average Bonchev–Trinajstić information content (AvgIpc) is 2.82. The van der Waals surface area contributed by atoms with Gasteiger partial charge in [-0.3, -0.25) is 0 Å². The lowest BCUT2D eigenvalue weighted by atomic mass is 10.4. The number of fused-ring (bicyclic) bond motifs is 1. The number of aromatic nitrogens is 2. The van der Waals surface area contributed by atoms with E-state index in [-0.39, 0.29) is 0 Å². The summed E-state index contributed by atoms with van der Waals surface area (Å²) in [5.41, 5.74) is 1.88. The van der Waals surface area contributed by atoms with E-state index in [1.54, 1.807) is 7.11 Å². The summed E-state index contributed by atoms with van der Waals surface area (Å²) in [6.45, 7) is 3.75. The molecular weight excluding hydrogens is 273 g/mol. The predicted octanol–water partition coefficient (Wildman–Crippen LogP) is 1.59. The lowest BCUT2D eigenvalue weighted by Crippen LogP contribution is -2.34. The minimum Gasteiger partial charge on any atom is -0.496 e. The molecule has 1 saturated heterocycles. The zero-order chi connectivity index (χ0) is 14.3. The molecule has 1 fully saturated rings. The molecule has 0 unspecified atom stereocenters. The van der Waals surface area contributed by atoms with E-state index in [0.29, 0.717) is 5.75 Å². The Bertz CT molecular complexity index is 683. The number of pyridine rings is 1. The highest BCUT2D eigenvalue weighted by atomic mass is 31.2. The second-order valence-electron chi connectivity index (χ2n) is 5.49. The Morgan fingerprint density at radius 3 is 2.70 bits per heavy atom. The van der Waals surface area contributed by atoms with Crippen LogP contribution in [0.2, 0.25) is 0 Å². The highest BCUT2D eigenvalue weighted by molar-refractivity contribution is 7.71. The van der Waals surface area contributed by atoms with Gasteiger partial charge in [-0.25, -0.2) is 4.98 Å². The Balaban J connectivity index is 2.13. The molecule has 6 heteroatoms. The van der Waals surface area contributed by atoms with Crippen molar-refractivity contribution < 1.29 is 9.30 Å². The Morgan fingerprint density at radius 1 is 1.35 bits per heavy atom. The summed E-state index contributed by atoms with van der Waals surface area (Å²) < 4.78 is 20.8. The third-order valence-electron chi connectivity index (χ3n) is 4.12. The van der Waals surface area contributed by atoms with Crippen LogP contribution in [-0.4, -0.2) is 53.9 Å². The SMILES string of the molecule is COc1cc2ncc(C)n2cc1P1(=O)CCN(C)CC1. The van der Waals surface area contributed by atoms with Crippen LogP contribution in [0.15, 0.2) is 18.5 Å². The quantitative estimate of drug-likeness (QED) is 0.789. The maximum Gasteiger partial charge on any atom is 0.140 e. The van der Waals surface area contributed by atoms with Crippen molar-refractivity contribution in [1.82, 2.24) is 14.3 Å². The maximum atomic E-state index is 13.3. The monoisotopic (exact) mass is 293 g/mol. The van der Waals surface area contributed by atoms with E-state index in [9.17, 15) is 4.57 Å². The van der Waals surface area contributed by atoms with Gasteiger partial charge in [0.25, 0.3) is 0 Å². The largest absolute Gasteiger partial charge is 0.496 e. The Kier molecular flexibility index (Phi) is 3.35. The number of hydrogen-bond acceptors (Lipinski definition) is 4. The van der Waals surface area contributed by atoms with Crippen LogP contribution < -0.4 is 10.0 Å². The molecule has 0 radical (unpaired) electrons. The van der Waals surface area contributed by atoms with Gasteiger partial charge in [-0.15, -0.1) is 0 Å². The predicted molar refractivity (Wildman–Crippen MR) is 81.0 cm³/mol. The van der Waals surface area contributed by atoms with Crippen molar-refractivity contribution in [3.63, 3.8) is 0 Å². The molecule has 2 aromatic heterocycles. The topological polar surface area (TPSA) is 46.8 Å².